The first-order chi connectivity index (χ1) is 8.20. The Labute approximate surface area is 101 Å². The maximum atomic E-state index is 11.8. The molecular weight excluding hydrogens is 212 g/mol. The lowest BCUT2D eigenvalue weighted by Crippen LogP contribution is -2.13. The zero-order valence-electron chi connectivity index (χ0n) is 10.1. The van der Waals surface area contributed by atoms with Gasteiger partial charge in [0.05, 0.1) is 11.7 Å². The van der Waals surface area contributed by atoms with Crippen molar-refractivity contribution >= 4 is 16.7 Å². The molecule has 2 nitrogen and oxygen atoms in total. The van der Waals surface area contributed by atoms with Gasteiger partial charge >= 0.3 is 5.97 Å². The van der Waals surface area contributed by atoms with Crippen LogP contribution in [0.5, 0.6) is 0 Å². The second-order valence-corrected chi connectivity index (χ2v) is 4.19. The van der Waals surface area contributed by atoms with Crippen molar-refractivity contribution in [3.05, 3.63) is 48.0 Å². The highest BCUT2D eigenvalue weighted by Crippen LogP contribution is 2.16. The lowest BCUT2D eigenvalue weighted by Gasteiger charge is -2.11. The molecule has 0 unspecified atom stereocenters. The molecule has 2 heteroatoms. The lowest BCUT2D eigenvalue weighted by atomic mass is 10.1. The summed E-state index contributed by atoms with van der Waals surface area (Å²) >= 11 is 0. The van der Waals surface area contributed by atoms with Crippen molar-refractivity contribution in [2.24, 2.45) is 0 Å². The molecule has 2 aromatic carbocycles. The molecule has 0 amide bonds. The summed E-state index contributed by atoms with van der Waals surface area (Å²) in [7, 11) is 0. The van der Waals surface area contributed by atoms with Crippen molar-refractivity contribution in [2.75, 3.05) is 0 Å². The third-order valence-electron chi connectivity index (χ3n) is 2.87. The van der Waals surface area contributed by atoms with Crippen LogP contribution in [0.3, 0.4) is 0 Å². The Morgan fingerprint density at radius 1 is 1.18 bits per heavy atom. The van der Waals surface area contributed by atoms with Gasteiger partial charge in [0.2, 0.25) is 0 Å². The van der Waals surface area contributed by atoms with Gasteiger partial charge in [0, 0.05) is 0 Å². The van der Waals surface area contributed by atoms with E-state index in [1.165, 1.54) is 0 Å². The molecule has 0 saturated heterocycles. The van der Waals surface area contributed by atoms with Gasteiger partial charge in [0.15, 0.2) is 0 Å². The predicted molar refractivity (Wildman–Crippen MR) is 69.1 cm³/mol. The van der Waals surface area contributed by atoms with E-state index >= 15 is 0 Å². The maximum absolute atomic E-state index is 11.8. The van der Waals surface area contributed by atoms with Crippen LogP contribution in [0.15, 0.2) is 42.5 Å². The van der Waals surface area contributed by atoms with E-state index in [1.54, 1.807) is 0 Å². The average molecular weight is 228 g/mol. The van der Waals surface area contributed by atoms with Gasteiger partial charge in [0.25, 0.3) is 0 Å². The third kappa shape index (κ3) is 2.64. The molecule has 1 atom stereocenters. The molecule has 0 radical (unpaired) electrons. The smallest absolute Gasteiger partial charge is 0.338 e. The molecule has 0 aromatic heterocycles. The number of rotatable bonds is 3. The van der Waals surface area contributed by atoms with Crippen molar-refractivity contribution in [3.8, 4) is 0 Å². The molecule has 0 fully saturated rings. The molecule has 0 N–H and O–H groups in total. The van der Waals surface area contributed by atoms with E-state index in [9.17, 15) is 4.79 Å². The monoisotopic (exact) mass is 228 g/mol. The molecule has 0 saturated carbocycles. The van der Waals surface area contributed by atoms with Gasteiger partial charge < -0.3 is 4.74 Å². The summed E-state index contributed by atoms with van der Waals surface area (Å²) in [5.74, 6) is -0.245. The first-order valence-corrected chi connectivity index (χ1v) is 5.90. The number of hydrogen-bond acceptors (Lipinski definition) is 2. The molecule has 88 valence electrons. The SMILES string of the molecule is CC[C@H](C)OC(=O)c1ccc2ccccc2c1. The molecule has 2 aromatic rings. The fourth-order valence-electron chi connectivity index (χ4n) is 1.65. The van der Waals surface area contributed by atoms with E-state index in [1.807, 2.05) is 56.3 Å². The summed E-state index contributed by atoms with van der Waals surface area (Å²) in [5.41, 5.74) is 0.615. The molecule has 0 aliphatic rings. The van der Waals surface area contributed by atoms with Crippen LogP contribution in [-0.2, 0) is 4.74 Å². The van der Waals surface area contributed by atoms with Gasteiger partial charge in [-0.3, -0.25) is 0 Å². The van der Waals surface area contributed by atoms with Crippen molar-refractivity contribution in [3.63, 3.8) is 0 Å². The third-order valence-corrected chi connectivity index (χ3v) is 2.87. The van der Waals surface area contributed by atoms with Gasteiger partial charge in [-0.2, -0.15) is 0 Å². The standard InChI is InChI=1S/C15H16O2/c1-3-11(2)17-15(16)14-9-8-12-6-4-5-7-13(12)10-14/h4-11H,3H2,1-2H3/t11-/m0/s1. The largest absolute Gasteiger partial charge is 0.459 e. The molecule has 0 aliphatic carbocycles. The Hall–Kier alpha value is -1.83. The molecule has 0 bridgehead atoms. The highest BCUT2D eigenvalue weighted by molar-refractivity contribution is 5.95. The number of hydrogen-bond donors (Lipinski definition) is 0. The zero-order valence-corrected chi connectivity index (χ0v) is 10.1. The Bertz CT molecular complexity index is 531. The summed E-state index contributed by atoms with van der Waals surface area (Å²) < 4.78 is 5.30. The molecule has 2 rings (SSSR count). The van der Waals surface area contributed by atoms with Crippen molar-refractivity contribution in [2.45, 2.75) is 26.4 Å². The molecule has 17 heavy (non-hydrogen) atoms. The normalized spacial score (nSPS) is 12.4. The first kappa shape index (κ1) is 11.6. The van der Waals surface area contributed by atoms with Crippen molar-refractivity contribution < 1.29 is 9.53 Å². The van der Waals surface area contributed by atoms with Crippen LogP contribution in [0.1, 0.15) is 30.6 Å². The van der Waals surface area contributed by atoms with Gasteiger partial charge in [-0.25, -0.2) is 4.79 Å². The van der Waals surface area contributed by atoms with Gasteiger partial charge in [-0.05, 0) is 36.2 Å². The Balaban J connectivity index is 2.27. The second-order valence-electron chi connectivity index (χ2n) is 4.19. The van der Waals surface area contributed by atoms with E-state index in [0.717, 1.165) is 17.2 Å². The van der Waals surface area contributed by atoms with Crippen molar-refractivity contribution in [1.29, 1.82) is 0 Å². The fourth-order valence-corrected chi connectivity index (χ4v) is 1.65. The summed E-state index contributed by atoms with van der Waals surface area (Å²) in [6, 6.07) is 13.6. The fraction of sp³-hybridized carbons (Fsp3) is 0.267. The number of benzene rings is 2. The lowest BCUT2D eigenvalue weighted by molar-refractivity contribution is 0.0334. The summed E-state index contributed by atoms with van der Waals surface area (Å²) in [6.45, 7) is 3.90. The van der Waals surface area contributed by atoms with Crippen molar-refractivity contribution in [1.82, 2.24) is 0 Å². The van der Waals surface area contributed by atoms with Gasteiger partial charge in [0.1, 0.15) is 0 Å². The van der Waals surface area contributed by atoms with E-state index < -0.39 is 0 Å². The van der Waals surface area contributed by atoms with E-state index in [0.29, 0.717) is 5.56 Å². The number of esters is 1. The highest BCUT2D eigenvalue weighted by Gasteiger charge is 2.10. The molecular formula is C15H16O2. The molecule has 0 aliphatic heterocycles. The highest BCUT2D eigenvalue weighted by atomic mass is 16.5. The van der Waals surface area contributed by atoms with Gasteiger partial charge in [-0.1, -0.05) is 37.3 Å². The van der Waals surface area contributed by atoms with Crippen LogP contribution in [0, 0.1) is 0 Å². The maximum Gasteiger partial charge on any atom is 0.338 e. The van der Waals surface area contributed by atoms with Crippen LogP contribution in [0.25, 0.3) is 10.8 Å². The average Bonchev–Trinajstić information content (AvgIpc) is 2.38. The second kappa shape index (κ2) is 5.00. The Morgan fingerprint density at radius 3 is 2.59 bits per heavy atom. The van der Waals surface area contributed by atoms with Crippen LogP contribution in [0.4, 0.5) is 0 Å². The Morgan fingerprint density at radius 2 is 1.88 bits per heavy atom. The number of carbonyl (C=O) groups excluding carboxylic acids is 1. The minimum atomic E-state index is -0.245. The minimum absolute atomic E-state index is 0.0334. The Kier molecular flexibility index (Phi) is 3.43. The zero-order chi connectivity index (χ0) is 12.3. The number of carbonyl (C=O) groups is 1. The first-order valence-electron chi connectivity index (χ1n) is 5.90. The van der Waals surface area contributed by atoms with Crippen LogP contribution in [-0.4, -0.2) is 12.1 Å². The van der Waals surface area contributed by atoms with Crippen LogP contribution in [0.2, 0.25) is 0 Å². The summed E-state index contributed by atoms with van der Waals surface area (Å²) in [4.78, 5) is 11.8. The van der Waals surface area contributed by atoms with E-state index in [-0.39, 0.29) is 12.1 Å². The number of ether oxygens (including phenoxy) is 1. The predicted octanol–water partition coefficient (Wildman–Crippen LogP) is 3.80. The topological polar surface area (TPSA) is 26.3 Å². The van der Waals surface area contributed by atoms with Crippen LogP contribution < -0.4 is 0 Å². The number of fused-ring (bicyclic) bond motifs is 1. The van der Waals surface area contributed by atoms with E-state index in [2.05, 4.69) is 0 Å². The summed E-state index contributed by atoms with van der Waals surface area (Å²) in [6.07, 6.45) is 0.799. The molecule has 0 heterocycles. The van der Waals surface area contributed by atoms with Gasteiger partial charge in [-0.15, -0.1) is 0 Å². The van der Waals surface area contributed by atoms with E-state index in [4.69, 9.17) is 4.74 Å². The summed E-state index contributed by atoms with van der Waals surface area (Å²) in [5, 5.41) is 2.19. The minimum Gasteiger partial charge on any atom is -0.459 e. The van der Waals surface area contributed by atoms with Crippen LogP contribution >= 0.6 is 0 Å². The molecule has 0 spiro atoms. The quantitative estimate of drug-likeness (QED) is 0.747.